The van der Waals surface area contributed by atoms with Gasteiger partial charge in [0, 0.05) is 24.5 Å². The van der Waals surface area contributed by atoms with Crippen LogP contribution in [-0.2, 0) is 6.54 Å². The van der Waals surface area contributed by atoms with E-state index in [-0.39, 0.29) is 0 Å². The van der Waals surface area contributed by atoms with E-state index in [0.29, 0.717) is 0 Å². The van der Waals surface area contributed by atoms with Crippen LogP contribution in [0.2, 0.25) is 0 Å². The molecule has 0 aliphatic carbocycles. The van der Waals surface area contributed by atoms with E-state index in [9.17, 15) is 0 Å². The van der Waals surface area contributed by atoms with Crippen LogP contribution in [0.3, 0.4) is 0 Å². The highest BCUT2D eigenvalue weighted by atomic mass is 32.1. The molecule has 2 rings (SSSR count). The summed E-state index contributed by atoms with van der Waals surface area (Å²) < 4.78 is 0. The van der Waals surface area contributed by atoms with E-state index in [0.717, 1.165) is 19.0 Å². The summed E-state index contributed by atoms with van der Waals surface area (Å²) >= 11 is 1.87. The molecule has 0 aromatic carbocycles. The first-order valence-electron chi connectivity index (χ1n) is 7.66. The SMILES string of the molecule is CCCC1CCN(c2nc(C)c(CNCC)s2)CC1. The normalized spacial score (nSPS) is 17.1. The number of piperidine rings is 1. The lowest BCUT2D eigenvalue weighted by molar-refractivity contribution is 0.378. The Morgan fingerprint density at radius 3 is 2.68 bits per heavy atom. The van der Waals surface area contributed by atoms with Crippen molar-refractivity contribution < 1.29 is 0 Å². The Balaban J connectivity index is 1.92. The monoisotopic (exact) mass is 281 g/mol. The maximum atomic E-state index is 4.76. The smallest absolute Gasteiger partial charge is 0.185 e. The van der Waals surface area contributed by atoms with E-state index in [1.165, 1.54) is 54.5 Å². The number of aromatic nitrogens is 1. The zero-order valence-electron chi connectivity index (χ0n) is 12.5. The number of aryl methyl sites for hydroxylation is 1. The van der Waals surface area contributed by atoms with E-state index >= 15 is 0 Å². The minimum absolute atomic E-state index is 0.948. The molecule has 3 nitrogen and oxygen atoms in total. The molecule has 0 saturated carbocycles. The Bertz CT molecular complexity index is 381. The standard InChI is InChI=1S/C15H27N3S/c1-4-6-13-7-9-18(10-8-13)15-17-12(3)14(19-15)11-16-5-2/h13,16H,4-11H2,1-3H3. The van der Waals surface area contributed by atoms with Crippen molar-refractivity contribution in [2.24, 2.45) is 5.92 Å². The largest absolute Gasteiger partial charge is 0.348 e. The maximum absolute atomic E-state index is 4.76. The summed E-state index contributed by atoms with van der Waals surface area (Å²) in [6.07, 6.45) is 5.41. The maximum Gasteiger partial charge on any atom is 0.185 e. The van der Waals surface area contributed by atoms with Gasteiger partial charge in [0.1, 0.15) is 0 Å². The number of nitrogens with one attached hydrogen (secondary N) is 1. The predicted octanol–water partition coefficient (Wildman–Crippen LogP) is 3.58. The quantitative estimate of drug-likeness (QED) is 0.864. The van der Waals surface area contributed by atoms with Crippen LogP contribution in [-0.4, -0.2) is 24.6 Å². The van der Waals surface area contributed by atoms with E-state index < -0.39 is 0 Å². The summed E-state index contributed by atoms with van der Waals surface area (Å²) in [6.45, 7) is 11.0. The Kier molecular flexibility index (Phi) is 5.64. The third kappa shape index (κ3) is 3.93. The summed E-state index contributed by atoms with van der Waals surface area (Å²) in [5.41, 5.74) is 1.21. The van der Waals surface area contributed by atoms with Crippen LogP contribution in [0.25, 0.3) is 0 Å². The van der Waals surface area contributed by atoms with Crippen molar-refractivity contribution in [1.82, 2.24) is 10.3 Å². The van der Waals surface area contributed by atoms with Gasteiger partial charge in [-0.05, 0) is 32.2 Å². The van der Waals surface area contributed by atoms with Gasteiger partial charge in [-0.3, -0.25) is 0 Å². The van der Waals surface area contributed by atoms with Gasteiger partial charge in [0.15, 0.2) is 5.13 Å². The summed E-state index contributed by atoms with van der Waals surface area (Å²) in [7, 11) is 0. The molecule has 0 unspecified atom stereocenters. The van der Waals surface area contributed by atoms with Crippen LogP contribution in [0.4, 0.5) is 5.13 Å². The lowest BCUT2D eigenvalue weighted by atomic mass is 9.93. The molecule has 0 spiro atoms. The third-order valence-electron chi connectivity index (χ3n) is 4.00. The molecule has 1 aliphatic heterocycles. The summed E-state index contributed by atoms with van der Waals surface area (Å²) in [6, 6.07) is 0. The van der Waals surface area contributed by atoms with Crippen LogP contribution in [0.15, 0.2) is 0 Å². The number of anilines is 1. The van der Waals surface area contributed by atoms with Gasteiger partial charge in [0.2, 0.25) is 0 Å². The van der Waals surface area contributed by atoms with Crippen molar-refractivity contribution in [2.75, 3.05) is 24.5 Å². The minimum atomic E-state index is 0.948. The average molecular weight is 281 g/mol. The van der Waals surface area contributed by atoms with Gasteiger partial charge in [0.05, 0.1) is 5.69 Å². The molecule has 0 radical (unpaired) electrons. The van der Waals surface area contributed by atoms with Gasteiger partial charge >= 0.3 is 0 Å². The van der Waals surface area contributed by atoms with Crippen molar-refractivity contribution >= 4 is 16.5 Å². The molecule has 1 aromatic rings. The highest BCUT2D eigenvalue weighted by Gasteiger charge is 2.21. The van der Waals surface area contributed by atoms with Gasteiger partial charge < -0.3 is 10.2 Å². The van der Waals surface area contributed by atoms with Crippen molar-refractivity contribution in [2.45, 2.75) is 53.0 Å². The van der Waals surface area contributed by atoms with Crippen LogP contribution < -0.4 is 10.2 Å². The first kappa shape index (κ1) is 14.8. The molecule has 0 amide bonds. The van der Waals surface area contributed by atoms with Gasteiger partial charge in [0.25, 0.3) is 0 Å². The molecular weight excluding hydrogens is 254 g/mol. The average Bonchev–Trinajstić information content (AvgIpc) is 2.79. The number of thiazole rings is 1. The topological polar surface area (TPSA) is 28.2 Å². The Morgan fingerprint density at radius 1 is 1.32 bits per heavy atom. The molecule has 2 heterocycles. The number of hydrogen-bond acceptors (Lipinski definition) is 4. The molecule has 1 saturated heterocycles. The molecule has 4 heteroatoms. The fourth-order valence-corrected chi connectivity index (χ4v) is 3.85. The second-order valence-electron chi connectivity index (χ2n) is 5.50. The Labute approximate surface area is 121 Å². The summed E-state index contributed by atoms with van der Waals surface area (Å²) in [4.78, 5) is 8.64. The zero-order chi connectivity index (χ0) is 13.7. The molecule has 19 heavy (non-hydrogen) atoms. The Morgan fingerprint density at radius 2 is 2.05 bits per heavy atom. The molecule has 1 aliphatic rings. The van der Waals surface area contributed by atoms with E-state index in [1.54, 1.807) is 0 Å². The third-order valence-corrected chi connectivity index (χ3v) is 5.22. The summed E-state index contributed by atoms with van der Waals surface area (Å²) in [5, 5.41) is 4.63. The lowest BCUT2D eigenvalue weighted by Gasteiger charge is -2.31. The molecule has 1 fully saturated rings. The van der Waals surface area contributed by atoms with Crippen molar-refractivity contribution in [3.05, 3.63) is 10.6 Å². The second-order valence-corrected chi connectivity index (χ2v) is 6.57. The fourth-order valence-electron chi connectivity index (χ4n) is 2.77. The molecule has 1 aromatic heterocycles. The van der Waals surface area contributed by atoms with Crippen LogP contribution in [0.5, 0.6) is 0 Å². The molecule has 0 bridgehead atoms. The van der Waals surface area contributed by atoms with Crippen LogP contribution in [0.1, 0.15) is 50.1 Å². The predicted molar refractivity (Wildman–Crippen MR) is 84.1 cm³/mol. The van der Waals surface area contributed by atoms with E-state index in [2.05, 4.69) is 31.0 Å². The number of nitrogens with zero attached hydrogens (tertiary/aromatic N) is 2. The van der Waals surface area contributed by atoms with Gasteiger partial charge in [-0.25, -0.2) is 4.98 Å². The minimum Gasteiger partial charge on any atom is -0.348 e. The fraction of sp³-hybridized carbons (Fsp3) is 0.800. The second kappa shape index (κ2) is 7.25. The van der Waals surface area contributed by atoms with Crippen molar-refractivity contribution in [1.29, 1.82) is 0 Å². The van der Waals surface area contributed by atoms with Gasteiger partial charge in [-0.2, -0.15) is 0 Å². The van der Waals surface area contributed by atoms with Crippen LogP contribution in [0, 0.1) is 12.8 Å². The van der Waals surface area contributed by atoms with Crippen molar-refractivity contribution in [3.8, 4) is 0 Å². The first-order valence-corrected chi connectivity index (χ1v) is 8.48. The van der Waals surface area contributed by atoms with E-state index in [1.807, 2.05) is 11.3 Å². The molecule has 108 valence electrons. The van der Waals surface area contributed by atoms with Gasteiger partial charge in [-0.1, -0.05) is 26.7 Å². The lowest BCUT2D eigenvalue weighted by Crippen LogP contribution is -2.33. The van der Waals surface area contributed by atoms with Gasteiger partial charge in [-0.15, -0.1) is 11.3 Å². The number of hydrogen-bond donors (Lipinski definition) is 1. The number of rotatable bonds is 6. The van der Waals surface area contributed by atoms with E-state index in [4.69, 9.17) is 4.98 Å². The molecule has 1 N–H and O–H groups in total. The highest BCUT2D eigenvalue weighted by Crippen LogP contribution is 2.30. The molecule has 0 atom stereocenters. The van der Waals surface area contributed by atoms with Crippen molar-refractivity contribution in [3.63, 3.8) is 0 Å². The zero-order valence-corrected chi connectivity index (χ0v) is 13.4. The Hall–Kier alpha value is -0.610. The summed E-state index contributed by atoms with van der Waals surface area (Å²) in [5.74, 6) is 0.948. The first-order chi connectivity index (χ1) is 9.24. The highest BCUT2D eigenvalue weighted by molar-refractivity contribution is 7.15. The van der Waals surface area contributed by atoms with Crippen LogP contribution >= 0.6 is 11.3 Å². The molecular formula is C15H27N3S.